The number of nitrogens with zero attached hydrogens (tertiary/aromatic N) is 2. The van der Waals surface area contributed by atoms with Crippen LogP contribution in [0.5, 0.6) is 5.88 Å². The molecule has 0 saturated heterocycles. The predicted octanol–water partition coefficient (Wildman–Crippen LogP) is 1.03. The zero-order valence-corrected chi connectivity index (χ0v) is 14.4. The van der Waals surface area contributed by atoms with E-state index in [0.29, 0.717) is 11.3 Å². The molecule has 3 N–H and O–H groups in total. The summed E-state index contributed by atoms with van der Waals surface area (Å²) in [5.41, 5.74) is -1.04. The summed E-state index contributed by atoms with van der Waals surface area (Å²) in [5.74, 6) is -1.11. The fourth-order valence-electron chi connectivity index (χ4n) is 2.68. The van der Waals surface area contributed by atoms with E-state index in [9.17, 15) is 19.5 Å². The third kappa shape index (κ3) is 3.29. The van der Waals surface area contributed by atoms with Crippen molar-refractivity contribution in [1.29, 1.82) is 0 Å². The number of fused-ring (bicyclic) bond motifs is 1. The van der Waals surface area contributed by atoms with E-state index in [2.05, 4.69) is 15.0 Å². The molecule has 0 bridgehead atoms. The summed E-state index contributed by atoms with van der Waals surface area (Å²) in [5, 5.41) is 11.6. The second-order valence-corrected chi connectivity index (χ2v) is 6.58. The average molecular weight is 384 g/mol. The van der Waals surface area contributed by atoms with Crippen LogP contribution in [0.15, 0.2) is 50.3 Å². The number of carbonyl (C=O) groups excluding carboxylic acids is 1. The second kappa shape index (κ2) is 6.65. The van der Waals surface area contributed by atoms with Gasteiger partial charge in [0.25, 0.3) is 5.56 Å². The topological polar surface area (TPSA) is 138 Å². The average Bonchev–Trinajstić information content (AvgIpc) is 3.09. The highest BCUT2D eigenvalue weighted by Crippen LogP contribution is 2.32. The van der Waals surface area contributed by atoms with Gasteiger partial charge in [-0.05, 0) is 6.08 Å². The van der Waals surface area contributed by atoms with Crippen LogP contribution < -0.4 is 11.2 Å². The van der Waals surface area contributed by atoms with Crippen LogP contribution in [0, 0.1) is 5.92 Å². The predicted molar refractivity (Wildman–Crippen MR) is 98.3 cm³/mol. The van der Waals surface area contributed by atoms with Crippen LogP contribution in [0.2, 0.25) is 0 Å². The van der Waals surface area contributed by atoms with Crippen LogP contribution in [0.3, 0.4) is 0 Å². The number of hydrogen-bond acceptors (Lipinski definition) is 8. The van der Waals surface area contributed by atoms with Gasteiger partial charge in [-0.15, -0.1) is 11.3 Å². The first-order valence-electron chi connectivity index (χ1n) is 7.84. The Morgan fingerprint density at radius 3 is 2.85 bits per heavy atom. The van der Waals surface area contributed by atoms with Gasteiger partial charge in [0.2, 0.25) is 11.0 Å². The van der Waals surface area contributed by atoms with Crippen LogP contribution >= 0.6 is 11.3 Å². The Balaban J connectivity index is 1.61. The van der Waals surface area contributed by atoms with Gasteiger partial charge in [-0.2, -0.15) is 0 Å². The number of aliphatic imine (C=N–C) groups is 1. The molecule has 0 aromatic carbocycles. The number of hydrogen-bond donors (Lipinski definition) is 3. The Kier molecular flexibility index (Phi) is 4.16. The molecular weight excluding hydrogens is 372 g/mol. The number of aromatic nitrogens is 3. The van der Waals surface area contributed by atoms with Gasteiger partial charge in [0.05, 0.1) is 11.3 Å². The molecule has 9 nitrogen and oxygen atoms in total. The van der Waals surface area contributed by atoms with E-state index >= 15 is 0 Å². The summed E-state index contributed by atoms with van der Waals surface area (Å²) in [4.78, 5) is 47.3. The van der Waals surface area contributed by atoms with Crippen molar-refractivity contribution in [3.8, 4) is 5.88 Å². The van der Waals surface area contributed by atoms with Gasteiger partial charge in [0.1, 0.15) is 11.7 Å². The molecule has 0 saturated carbocycles. The van der Waals surface area contributed by atoms with Gasteiger partial charge < -0.3 is 9.84 Å². The number of ether oxygens (including phenoxy) is 1. The fraction of sp³-hybridized carbons (Fsp3) is 0.118. The Bertz CT molecular complexity index is 1150. The highest BCUT2D eigenvalue weighted by Gasteiger charge is 2.30. The normalized spacial score (nSPS) is 21.2. The van der Waals surface area contributed by atoms with Gasteiger partial charge in [0, 0.05) is 17.5 Å². The van der Waals surface area contributed by atoms with Gasteiger partial charge in [-0.3, -0.25) is 14.8 Å². The Morgan fingerprint density at radius 2 is 2.04 bits per heavy atom. The van der Waals surface area contributed by atoms with E-state index < -0.39 is 23.1 Å². The van der Waals surface area contributed by atoms with Gasteiger partial charge in [-0.25, -0.2) is 19.6 Å². The molecule has 2 aromatic rings. The van der Waals surface area contributed by atoms with Crippen molar-refractivity contribution < 1.29 is 14.6 Å². The molecule has 3 heterocycles. The quantitative estimate of drug-likeness (QED) is 0.534. The molecule has 2 aromatic heterocycles. The van der Waals surface area contributed by atoms with E-state index in [-0.39, 0.29) is 22.7 Å². The van der Waals surface area contributed by atoms with E-state index in [4.69, 9.17) is 4.74 Å². The maximum Gasteiger partial charge on any atom is 0.340 e. The maximum absolute atomic E-state index is 12.2. The molecule has 0 spiro atoms. The molecule has 2 atom stereocenters. The first-order valence-corrected chi connectivity index (χ1v) is 8.72. The summed E-state index contributed by atoms with van der Waals surface area (Å²) in [7, 11) is 0. The summed E-state index contributed by atoms with van der Waals surface area (Å²) < 4.78 is 5.41. The fourth-order valence-corrected chi connectivity index (χ4v) is 3.34. The first kappa shape index (κ1) is 16.9. The summed E-state index contributed by atoms with van der Waals surface area (Å²) in [6, 6.07) is 0. The van der Waals surface area contributed by atoms with Crippen molar-refractivity contribution in [2.75, 3.05) is 0 Å². The van der Waals surface area contributed by atoms with Crippen LogP contribution in [-0.4, -0.2) is 38.3 Å². The third-order valence-corrected chi connectivity index (χ3v) is 4.73. The number of H-pyrrole nitrogens is 2. The third-order valence-electron chi connectivity index (χ3n) is 3.98. The molecule has 0 amide bonds. The molecule has 136 valence electrons. The Labute approximate surface area is 155 Å². The van der Waals surface area contributed by atoms with E-state index in [1.165, 1.54) is 0 Å². The SMILES string of the molecule is O=C1OC2C=CC=CC2C=C1c1csc(/N=C/c2c(O)[nH]c(=O)[nH]c2=O)n1. The number of aromatic hydroxyl groups is 1. The molecular formula is C17H12N4O5S. The van der Waals surface area contributed by atoms with Crippen molar-refractivity contribution >= 4 is 34.2 Å². The minimum Gasteiger partial charge on any atom is -0.494 e. The number of nitrogens with one attached hydrogen (secondary N) is 2. The lowest BCUT2D eigenvalue weighted by Crippen LogP contribution is -2.29. The lowest BCUT2D eigenvalue weighted by atomic mass is 9.92. The van der Waals surface area contributed by atoms with Crippen molar-refractivity contribution in [2.45, 2.75) is 6.10 Å². The number of rotatable bonds is 3. The Hall–Kier alpha value is -3.53. The molecule has 1 aliphatic heterocycles. The number of allylic oxidation sites excluding steroid dienone is 2. The minimum absolute atomic E-state index is 0.0481. The largest absolute Gasteiger partial charge is 0.494 e. The monoisotopic (exact) mass is 384 g/mol. The highest BCUT2D eigenvalue weighted by molar-refractivity contribution is 7.13. The molecule has 2 aliphatic rings. The first-order chi connectivity index (χ1) is 13.0. The van der Waals surface area contributed by atoms with Crippen LogP contribution in [0.1, 0.15) is 11.3 Å². The molecule has 10 heteroatoms. The van der Waals surface area contributed by atoms with Crippen LogP contribution in [0.4, 0.5) is 5.13 Å². The molecule has 2 unspecified atom stereocenters. The minimum atomic E-state index is -0.821. The number of thiazole rings is 1. The van der Waals surface area contributed by atoms with Crippen LogP contribution in [-0.2, 0) is 9.53 Å². The summed E-state index contributed by atoms with van der Waals surface area (Å²) in [6.07, 6.45) is 10.1. The van der Waals surface area contributed by atoms with E-state index in [1.807, 2.05) is 29.3 Å². The van der Waals surface area contributed by atoms with E-state index in [1.54, 1.807) is 11.5 Å². The van der Waals surface area contributed by atoms with Crippen molar-refractivity contribution in [3.63, 3.8) is 0 Å². The lowest BCUT2D eigenvalue weighted by molar-refractivity contribution is -0.141. The lowest BCUT2D eigenvalue weighted by Gasteiger charge is -2.26. The summed E-state index contributed by atoms with van der Waals surface area (Å²) in [6.45, 7) is 0. The second-order valence-electron chi connectivity index (χ2n) is 5.74. The zero-order chi connectivity index (χ0) is 19.0. The highest BCUT2D eigenvalue weighted by atomic mass is 32.1. The van der Waals surface area contributed by atoms with Gasteiger partial charge >= 0.3 is 11.7 Å². The van der Waals surface area contributed by atoms with Crippen LogP contribution in [0.25, 0.3) is 5.57 Å². The maximum atomic E-state index is 12.2. The Morgan fingerprint density at radius 1 is 1.22 bits per heavy atom. The van der Waals surface area contributed by atoms with Crippen molar-refractivity contribution in [1.82, 2.24) is 15.0 Å². The van der Waals surface area contributed by atoms with Gasteiger partial charge in [-0.1, -0.05) is 24.3 Å². The number of carbonyl (C=O) groups is 1. The zero-order valence-electron chi connectivity index (χ0n) is 13.6. The molecule has 0 fully saturated rings. The standard InChI is InChI=1S/C17H12N4O5S/c22-13-10(14(23)21-16(25)20-13)6-18-17-19-11(7-27-17)9-5-8-3-1-2-4-12(8)26-15(9)24/h1-8,12H,(H3,20,21,22,23,25)/b18-6+. The van der Waals surface area contributed by atoms with Crippen molar-refractivity contribution in [2.24, 2.45) is 10.9 Å². The van der Waals surface area contributed by atoms with Gasteiger partial charge in [0.15, 0.2) is 0 Å². The molecule has 0 radical (unpaired) electrons. The number of aromatic amines is 2. The van der Waals surface area contributed by atoms with E-state index in [0.717, 1.165) is 17.6 Å². The number of esters is 1. The molecule has 27 heavy (non-hydrogen) atoms. The molecule has 1 aliphatic carbocycles. The summed E-state index contributed by atoms with van der Waals surface area (Å²) >= 11 is 1.15. The van der Waals surface area contributed by atoms with Crippen molar-refractivity contribution in [3.05, 3.63) is 67.9 Å². The molecule has 4 rings (SSSR count). The smallest absolute Gasteiger partial charge is 0.340 e.